The molecular formula is C22H32FN2O9PS. The average Bonchev–Trinajstić information content (AvgIpc) is 3.56. The van der Waals surface area contributed by atoms with E-state index >= 15 is 0 Å². The third-order valence-electron chi connectivity index (χ3n) is 6.07. The lowest BCUT2D eigenvalue weighted by molar-refractivity contribution is -0.127. The fraction of sp³-hybridized carbons (Fsp3) is 0.636. The van der Waals surface area contributed by atoms with Crippen molar-refractivity contribution in [3.05, 3.63) is 29.6 Å². The monoisotopic (exact) mass is 550 g/mol. The smallest absolute Gasteiger partial charge is 0.471 e. The number of phosphoric ester groups is 1. The zero-order valence-electron chi connectivity index (χ0n) is 20.0. The van der Waals surface area contributed by atoms with Crippen LogP contribution in [-0.4, -0.2) is 77.9 Å². The van der Waals surface area contributed by atoms with Crippen LogP contribution in [-0.2, 0) is 23.7 Å². The van der Waals surface area contributed by atoms with Crippen molar-refractivity contribution >= 4 is 29.6 Å². The van der Waals surface area contributed by atoms with E-state index in [0.29, 0.717) is 42.3 Å². The first-order chi connectivity index (χ1) is 16.8. The SMILES string of the molecule is C[C@@H](CS(=O)(=O)CCCCCN1CC(=O)N(COP(=O)(O)O)C1=O)c1ccc(F)c(OCC2CC2)c1. The molecular weight excluding hydrogens is 518 g/mol. The van der Waals surface area contributed by atoms with Crippen LogP contribution in [0.1, 0.15) is 50.5 Å². The molecule has 1 saturated heterocycles. The van der Waals surface area contributed by atoms with Crippen LogP contribution in [0.4, 0.5) is 9.18 Å². The van der Waals surface area contributed by atoms with Gasteiger partial charge in [-0.1, -0.05) is 19.4 Å². The number of imide groups is 1. The number of unbranched alkanes of at least 4 members (excludes halogenated alkanes) is 2. The number of hydrogen-bond donors (Lipinski definition) is 2. The molecule has 1 atom stereocenters. The Morgan fingerprint density at radius 3 is 2.58 bits per heavy atom. The molecule has 0 aromatic heterocycles. The fourth-order valence-electron chi connectivity index (χ4n) is 3.82. The lowest BCUT2D eigenvalue weighted by atomic mass is 10.0. The second-order valence-electron chi connectivity index (χ2n) is 9.29. The number of phosphoric acid groups is 1. The van der Waals surface area contributed by atoms with Gasteiger partial charge in [-0.3, -0.25) is 9.32 Å². The molecule has 1 aromatic rings. The van der Waals surface area contributed by atoms with Crippen LogP contribution in [0.25, 0.3) is 0 Å². The fourth-order valence-corrected chi connectivity index (χ4v) is 5.85. The highest BCUT2D eigenvalue weighted by atomic mass is 32.2. The predicted octanol–water partition coefficient (Wildman–Crippen LogP) is 2.63. The number of benzene rings is 1. The van der Waals surface area contributed by atoms with Gasteiger partial charge in [-0.15, -0.1) is 0 Å². The van der Waals surface area contributed by atoms with Crippen molar-refractivity contribution in [3.8, 4) is 5.75 Å². The van der Waals surface area contributed by atoms with Gasteiger partial charge >= 0.3 is 13.9 Å². The summed E-state index contributed by atoms with van der Waals surface area (Å²) in [4.78, 5) is 43.4. The Balaban J connectivity index is 1.39. The van der Waals surface area contributed by atoms with E-state index in [2.05, 4.69) is 4.52 Å². The van der Waals surface area contributed by atoms with Crippen LogP contribution in [0, 0.1) is 11.7 Å². The minimum Gasteiger partial charge on any atom is -0.490 e. The molecule has 2 N–H and O–H groups in total. The Bertz CT molecular complexity index is 1110. The summed E-state index contributed by atoms with van der Waals surface area (Å²) in [5.74, 6) is -0.959. The standard InChI is InChI=1S/C22H32FN2O9PS/c1-16(18-7-8-19(23)20(11-18)33-13-17-5-6-17)14-36(31,32)10-4-2-3-9-24-12-21(26)25(22(24)27)15-34-35(28,29)30/h7-8,11,16-17H,2-6,9-10,12-15H2,1H3,(H2,28,29,30)/t16-/m0/s1. The van der Waals surface area contributed by atoms with Crippen molar-refractivity contribution < 1.29 is 46.0 Å². The molecule has 202 valence electrons. The summed E-state index contributed by atoms with van der Waals surface area (Å²) in [6.45, 7) is 1.36. The molecule has 1 aliphatic heterocycles. The third kappa shape index (κ3) is 8.81. The number of ether oxygens (including phenoxy) is 1. The van der Waals surface area contributed by atoms with E-state index < -0.39 is 42.1 Å². The number of halogens is 1. The number of amides is 3. The van der Waals surface area contributed by atoms with Crippen molar-refractivity contribution in [3.63, 3.8) is 0 Å². The van der Waals surface area contributed by atoms with Gasteiger partial charge in [-0.25, -0.2) is 27.1 Å². The molecule has 0 radical (unpaired) electrons. The third-order valence-corrected chi connectivity index (χ3v) is 8.44. The van der Waals surface area contributed by atoms with Gasteiger partial charge in [0, 0.05) is 6.54 Å². The number of rotatable bonds is 15. The highest BCUT2D eigenvalue weighted by Gasteiger charge is 2.36. The Hall–Kier alpha value is -2.05. The van der Waals surface area contributed by atoms with E-state index in [1.54, 1.807) is 19.1 Å². The molecule has 3 rings (SSSR count). The topological polar surface area (TPSA) is 151 Å². The molecule has 2 aliphatic rings. The van der Waals surface area contributed by atoms with Gasteiger partial charge in [0.1, 0.15) is 13.3 Å². The Kier molecular flexibility index (Phi) is 9.50. The summed E-state index contributed by atoms with van der Waals surface area (Å²) in [5, 5.41) is 0. The maximum Gasteiger partial charge on any atom is 0.471 e. The maximum absolute atomic E-state index is 14.0. The molecule has 0 unspecified atom stereocenters. The van der Waals surface area contributed by atoms with Crippen LogP contribution in [0.5, 0.6) is 5.75 Å². The van der Waals surface area contributed by atoms with Gasteiger partial charge in [-0.05, 0) is 55.2 Å². The first-order valence-electron chi connectivity index (χ1n) is 11.8. The van der Waals surface area contributed by atoms with E-state index in [0.717, 1.165) is 12.8 Å². The Morgan fingerprint density at radius 1 is 1.19 bits per heavy atom. The van der Waals surface area contributed by atoms with E-state index in [1.807, 2.05) is 0 Å². The second-order valence-corrected chi connectivity index (χ2v) is 12.8. The summed E-state index contributed by atoms with van der Waals surface area (Å²) in [6, 6.07) is 3.72. The van der Waals surface area contributed by atoms with Crippen molar-refractivity contribution in [2.24, 2.45) is 5.92 Å². The van der Waals surface area contributed by atoms with Gasteiger partial charge in [0.05, 0.1) is 18.1 Å². The van der Waals surface area contributed by atoms with Gasteiger partial charge < -0.3 is 19.4 Å². The molecule has 1 heterocycles. The van der Waals surface area contributed by atoms with Crippen molar-refractivity contribution in [2.45, 2.75) is 44.9 Å². The number of hydrogen-bond acceptors (Lipinski definition) is 7. The summed E-state index contributed by atoms with van der Waals surface area (Å²) in [6.07, 6.45) is 3.48. The minimum atomic E-state index is -4.82. The number of carbonyl (C=O) groups excluding carboxylic acids is 2. The molecule has 1 aliphatic carbocycles. The highest BCUT2D eigenvalue weighted by molar-refractivity contribution is 7.91. The van der Waals surface area contributed by atoms with Gasteiger partial charge in [0.15, 0.2) is 21.4 Å². The summed E-state index contributed by atoms with van der Waals surface area (Å²) >= 11 is 0. The maximum atomic E-state index is 14.0. The van der Waals surface area contributed by atoms with Crippen LogP contribution in [0.2, 0.25) is 0 Å². The van der Waals surface area contributed by atoms with Gasteiger partial charge in [0.2, 0.25) is 0 Å². The zero-order chi connectivity index (χ0) is 26.5. The lowest BCUT2D eigenvalue weighted by Gasteiger charge is -2.17. The second kappa shape index (κ2) is 12.0. The molecule has 14 heteroatoms. The number of nitrogens with zero attached hydrogens (tertiary/aromatic N) is 2. The van der Waals surface area contributed by atoms with Crippen LogP contribution < -0.4 is 4.74 Å². The van der Waals surface area contributed by atoms with Crippen LogP contribution in [0.15, 0.2) is 18.2 Å². The van der Waals surface area contributed by atoms with Crippen LogP contribution in [0.3, 0.4) is 0 Å². The molecule has 11 nitrogen and oxygen atoms in total. The number of sulfone groups is 1. The first kappa shape index (κ1) is 28.5. The lowest BCUT2D eigenvalue weighted by Crippen LogP contribution is -2.34. The zero-order valence-corrected chi connectivity index (χ0v) is 21.8. The van der Waals surface area contributed by atoms with Crippen molar-refractivity contribution in [1.29, 1.82) is 0 Å². The average molecular weight is 551 g/mol. The van der Waals surface area contributed by atoms with Gasteiger partial charge in [-0.2, -0.15) is 0 Å². The largest absolute Gasteiger partial charge is 0.490 e. The summed E-state index contributed by atoms with van der Waals surface area (Å²) < 4.78 is 59.8. The summed E-state index contributed by atoms with van der Waals surface area (Å²) in [5.41, 5.74) is 0.690. The molecule has 3 amide bonds. The normalized spacial score (nSPS) is 17.7. The van der Waals surface area contributed by atoms with E-state index in [9.17, 15) is 27.0 Å². The van der Waals surface area contributed by atoms with E-state index in [1.165, 1.54) is 11.0 Å². The minimum absolute atomic E-state index is 0.0430. The Morgan fingerprint density at radius 2 is 1.92 bits per heavy atom. The quantitative estimate of drug-likeness (QED) is 0.191. The number of carbonyl (C=O) groups is 2. The molecule has 0 spiro atoms. The van der Waals surface area contributed by atoms with E-state index in [4.69, 9.17) is 14.5 Å². The first-order valence-corrected chi connectivity index (χ1v) is 15.1. The van der Waals surface area contributed by atoms with Crippen molar-refractivity contribution in [1.82, 2.24) is 9.80 Å². The predicted molar refractivity (Wildman–Crippen MR) is 127 cm³/mol. The number of urea groups is 1. The molecule has 0 bridgehead atoms. The molecule has 1 aromatic carbocycles. The van der Waals surface area contributed by atoms with Gasteiger partial charge in [0.25, 0.3) is 5.91 Å². The Labute approximate surface area is 209 Å². The molecule has 36 heavy (non-hydrogen) atoms. The highest BCUT2D eigenvalue weighted by Crippen LogP contribution is 2.36. The molecule has 1 saturated carbocycles. The van der Waals surface area contributed by atoms with E-state index in [-0.39, 0.29) is 36.3 Å². The molecule has 2 fully saturated rings. The van der Waals surface area contributed by atoms with Crippen molar-refractivity contribution in [2.75, 3.05) is 37.9 Å². The van der Waals surface area contributed by atoms with Crippen LogP contribution >= 0.6 is 7.82 Å². The summed E-state index contributed by atoms with van der Waals surface area (Å²) in [7, 11) is -8.21.